The summed E-state index contributed by atoms with van der Waals surface area (Å²) < 4.78 is 0. The number of ketones is 1. The maximum atomic E-state index is 12.4. The SMILES string of the molecule is CCCCCCCCCCCCCCCCC(C(=O)O)C(=O)CCCc1ccccc1. The third kappa shape index (κ3) is 14.9. The van der Waals surface area contributed by atoms with Crippen LogP contribution in [0.4, 0.5) is 0 Å². The number of carbonyl (C=O) groups is 2. The monoisotopic (exact) mass is 430 g/mol. The minimum Gasteiger partial charge on any atom is -0.481 e. The Labute approximate surface area is 191 Å². The van der Waals surface area contributed by atoms with E-state index in [1.165, 1.54) is 76.2 Å². The van der Waals surface area contributed by atoms with E-state index in [0.717, 1.165) is 32.1 Å². The summed E-state index contributed by atoms with van der Waals surface area (Å²) in [6.07, 6.45) is 20.3. The van der Waals surface area contributed by atoms with Crippen molar-refractivity contribution in [1.29, 1.82) is 0 Å². The third-order valence-electron chi connectivity index (χ3n) is 6.26. The van der Waals surface area contributed by atoms with Crippen molar-refractivity contribution in [1.82, 2.24) is 0 Å². The van der Waals surface area contributed by atoms with Crippen molar-refractivity contribution in [2.45, 2.75) is 122 Å². The number of carboxylic acids is 1. The summed E-state index contributed by atoms with van der Waals surface area (Å²) in [5.41, 5.74) is 1.20. The Balaban J connectivity index is 2.00. The van der Waals surface area contributed by atoms with Crippen LogP contribution in [-0.2, 0) is 16.0 Å². The Kier molecular flexibility index (Phi) is 16.9. The summed E-state index contributed by atoms with van der Waals surface area (Å²) in [6, 6.07) is 10.1. The van der Waals surface area contributed by atoms with Crippen LogP contribution in [0.1, 0.15) is 122 Å². The molecule has 0 amide bonds. The van der Waals surface area contributed by atoms with E-state index in [9.17, 15) is 14.7 Å². The molecule has 0 fully saturated rings. The molecule has 0 saturated heterocycles. The number of aliphatic carboxylic acids is 1. The number of rotatable bonds is 21. The molecule has 0 aliphatic carbocycles. The van der Waals surface area contributed by atoms with E-state index < -0.39 is 11.9 Å². The van der Waals surface area contributed by atoms with Crippen LogP contribution in [-0.4, -0.2) is 16.9 Å². The van der Waals surface area contributed by atoms with Crippen LogP contribution in [0.2, 0.25) is 0 Å². The zero-order valence-corrected chi connectivity index (χ0v) is 20.0. The molecule has 0 spiro atoms. The summed E-state index contributed by atoms with van der Waals surface area (Å²) in [7, 11) is 0. The number of hydrogen-bond donors (Lipinski definition) is 1. The Morgan fingerprint density at radius 3 is 1.68 bits per heavy atom. The quantitative estimate of drug-likeness (QED) is 0.158. The molecular weight excluding hydrogens is 384 g/mol. The highest BCUT2D eigenvalue weighted by molar-refractivity contribution is 5.98. The summed E-state index contributed by atoms with van der Waals surface area (Å²) in [6.45, 7) is 2.26. The third-order valence-corrected chi connectivity index (χ3v) is 6.26. The van der Waals surface area contributed by atoms with E-state index in [0.29, 0.717) is 12.8 Å². The molecule has 3 heteroatoms. The van der Waals surface area contributed by atoms with Crippen LogP contribution in [0, 0.1) is 5.92 Å². The lowest BCUT2D eigenvalue weighted by atomic mass is 9.92. The average Bonchev–Trinajstić information content (AvgIpc) is 2.77. The molecule has 176 valence electrons. The van der Waals surface area contributed by atoms with Crippen molar-refractivity contribution < 1.29 is 14.7 Å². The van der Waals surface area contributed by atoms with Gasteiger partial charge in [-0.05, 0) is 24.8 Å². The Morgan fingerprint density at radius 1 is 0.710 bits per heavy atom. The Hall–Kier alpha value is -1.64. The molecular formula is C28H46O3. The molecule has 0 bridgehead atoms. The second kappa shape index (κ2) is 19.1. The molecule has 0 aromatic heterocycles. The van der Waals surface area contributed by atoms with Gasteiger partial charge in [-0.1, -0.05) is 127 Å². The molecule has 1 unspecified atom stereocenters. The predicted molar refractivity (Wildman–Crippen MR) is 130 cm³/mol. The molecule has 0 saturated carbocycles. The first-order valence-corrected chi connectivity index (χ1v) is 12.9. The van der Waals surface area contributed by atoms with E-state index in [2.05, 4.69) is 6.92 Å². The van der Waals surface area contributed by atoms with Gasteiger partial charge >= 0.3 is 5.97 Å². The first-order chi connectivity index (χ1) is 15.1. The highest BCUT2D eigenvalue weighted by Gasteiger charge is 2.24. The van der Waals surface area contributed by atoms with Crippen molar-refractivity contribution in [3.8, 4) is 0 Å². The molecule has 3 nitrogen and oxygen atoms in total. The molecule has 0 heterocycles. The van der Waals surface area contributed by atoms with E-state index >= 15 is 0 Å². The van der Waals surface area contributed by atoms with E-state index in [1.54, 1.807) is 0 Å². The smallest absolute Gasteiger partial charge is 0.314 e. The van der Waals surface area contributed by atoms with Crippen LogP contribution >= 0.6 is 0 Å². The zero-order valence-electron chi connectivity index (χ0n) is 20.0. The number of aryl methyl sites for hydroxylation is 1. The van der Waals surface area contributed by atoms with Gasteiger partial charge in [0.25, 0.3) is 0 Å². The molecule has 1 aromatic carbocycles. The summed E-state index contributed by atoms with van der Waals surface area (Å²) in [5.74, 6) is -1.86. The van der Waals surface area contributed by atoms with Gasteiger partial charge in [0.15, 0.2) is 0 Å². The van der Waals surface area contributed by atoms with E-state index in [-0.39, 0.29) is 5.78 Å². The standard InChI is InChI=1S/C28H46O3/c1-2-3-4-5-6-7-8-9-10-11-12-13-14-18-23-26(28(30)31)27(29)24-19-22-25-20-16-15-17-21-25/h15-17,20-21,26H,2-14,18-19,22-24H2,1H3,(H,30,31). The van der Waals surface area contributed by atoms with Gasteiger partial charge in [0.1, 0.15) is 11.7 Å². The van der Waals surface area contributed by atoms with Gasteiger partial charge in [-0.2, -0.15) is 0 Å². The second-order valence-corrected chi connectivity index (χ2v) is 9.08. The maximum absolute atomic E-state index is 12.4. The van der Waals surface area contributed by atoms with Gasteiger partial charge in [-0.3, -0.25) is 9.59 Å². The van der Waals surface area contributed by atoms with E-state index in [1.807, 2.05) is 30.3 Å². The minimum absolute atomic E-state index is 0.0990. The fourth-order valence-electron chi connectivity index (χ4n) is 4.25. The first-order valence-electron chi connectivity index (χ1n) is 12.9. The Bertz CT molecular complexity index is 567. The van der Waals surface area contributed by atoms with E-state index in [4.69, 9.17) is 0 Å². The fraction of sp³-hybridized carbons (Fsp3) is 0.714. The number of Topliss-reactive ketones (excluding diaryl/α,β-unsaturated/α-hetero) is 1. The van der Waals surface area contributed by atoms with Gasteiger partial charge in [0.2, 0.25) is 0 Å². The molecule has 0 aliphatic heterocycles. The molecule has 1 aromatic rings. The number of carboxylic acid groups (broad SMARTS) is 1. The summed E-state index contributed by atoms with van der Waals surface area (Å²) in [5, 5.41) is 9.44. The fourth-order valence-corrected chi connectivity index (χ4v) is 4.25. The number of unbranched alkanes of at least 4 members (excludes halogenated alkanes) is 13. The molecule has 0 aliphatic rings. The summed E-state index contributed by atoms with van der Waals surface area (Å²) >= 11 is 0. The van der Waals surface area contributed by atoms with Gasteiger partial charge < -0.3 is 5.11 Å². The molecule has 0 radical (unpaired) electrons. The van der Waals surface area contributed by atoms with Crippen molar-refractivity contribution in [3.05, 3.63) is 35.9 Å². The molecule has 31 heavy (non-hydrogen) atoms. The highest BCUT2D eigenvalue weighted by Crippen LogP contribution is 2.18. The second-order valence-electron chi connectivity index (χ2n) is 9.08. The van der Waals surface area contributed by atoms with Crippen molar-refractivity contribution >= 4 is 11.8 Å². The van der Waals surface area contributed by atoms with Crippen LogP contribution in [0.3, 0.4) is 0 Å². The van der Waals surface area contributed by atoms with Gasteiger partial charge in [0, 0.05) is 6.42 Å². The topological polar surface area (TPSA) is 54.4 Å². The lowest BCUT2D eigenvalue weighted by Crippen LogP contribution is -2.23. The van der Waals surface area contributed by atoms with Crippen LogP contribution < -0.4 is 0 Å². The predicted octanol–water partition coefficient (Wildman–Crippen LogP) is 8.15. The van der Waals surface area contributed by atoms with Gasteiger partial charge in [-0.25, -0.2) is 0 Å². The van der Waals surface area contributed by atoms with Crippen molar-refractivity contribution in [3.63, 3.8) is 0 Å². The van der Waals surface area contributed by atoms with Crippen molar-refractivity contribution in [2.75, 3.05) is 0 Å². The Morgan fingerprint density at radius 2 is 1.19 bits per heavy atom. The van der Waals surface area contributed by atoms with Crippen LogP contribution in [0.5, 0.6) is 0 Å². The van der Waals surface area contributed by atoms with Gasteiger partial charge in [-0.15, -0.1) is 0 Å². The normalized spacial score (nSPS) is 12.0. The molecule has 1 N–H and O–H groups in total. The lowest BCUT2D eigenvalue weighted by molar-refractivity contribution is -0.146. The first kappa shape index (κ1) is 27.4. The summed E-state index contributed by atoms with van der Waals surface area (Å²) in [4.78, 5) is 23.9. The number of benzene rings is 1. The van der Waals surface area contributed by atoms with Crippen LogP contribution in [0.25, 0.3) is 0 Å². The maximum Gasteiger partial charge on any atom is 0.314 e. The lowest BCUT2D eigenvalue weighted by Gasteiger charge is -2.11. The van der Waals surface area contributed by atoms with Gasteiger partial charge in [0.05, 0.1) is 0 Å². The van der Waals surface area contributed by atoms with Crippen LogP contribution in [0.15, 0.2) is 30.3 Å². The number of carbonyl (C=O) groups excluding carboxylic acids is 1. The minimum atomic E-state index is -0.945. The molecule has 1 atom stereocenters. The number of hydrogen-bond acceptors (Lipinski definition) is 2. The zero-order chi connectivity index (χ0) is 22.6. The average molecular weight is 431 g/mol. The highest BCUT2D eigenvalue weighted by atomic mass is 16.4. The molecule has 1 rings (SSSR count). The largest absolute Gasteiger partial charge is 0.481 e. The van der Waals surface area contributed by atoms with Crippen molar-refractivity contribution in [2.24, 2.45) is 5.92 Å².